The summed E-state index contributed by atoms with van der Waals surface area (Å²) in [4.78, 5) is 11.7. The van der Waals surface area contributed by atoms with E-state index in [9.17, 15) is 13.6 Å². The molecule has 1 heterocycles. The molecule has 0 radical (unpaired) electrons. The van der Waals surface area contributed by atoms with Gasteiger partial charge in [0.15, 0.2) is 17.3 Å². The summed E-state index contributed by atoms with van der Waals surface area (Å²) in [5, 5.41) is 6.54. The van der Waals surface area contributed by atoms with Crippen LogP contribution in [0.1, 0.15) is 35.1 Å². The molecule has 0 unspecified atom stereocenters. The highest BCUT2D eigenvalue weighted by Crippen LogP contribution is 2.13. The van der Waals surface area contributed by atoms with Gasteiger partial charge in [-0.15, -0.1) is 0 Å². The lowest BCUT2D eigenvalue weighted by Crippen LogP contribution is -2.07. The first-order valence-corrected chi connectivity index (χ1v) is 6.26. The Labute approximate surface area is 114 Å². The van der Waals surface area contributed by atoms with Crippen LogP contribution in [0.3, 0.4) is 0 Å². The van der Waals surface area contributed by atoms with E-state index in [4.69, 9.17) is 4.74 Å². The highest BCUT2D eigenvalue weighted by atomic mass is 19.2. The van der Waals surface area contributed by atoms with Crippen LogP contribution in [0.5, 0.6) is 0 Å². The molecule has 6 heteroatoms. The third kappa shape index (κ3) is 3.20. The number of hydrogen-bond acceptors (Lipinski definition) is 3. The number of benzene rings is 1. The van der Waals surface area contributed by atoms with E-state index < -0.39 is 17.6 Å². The van der Waals surface area contributed by atoms with Crippen molar-refractivity contribution in [2.75, 3.05) is 0 Å². The van der Waals surface area contributed by atoms with Crippen molar-refractivity contribution in [1.82, 2.24) is 10.2 Å². The molecule has 1 aromatic carbocycles. The zero-order valence-electron chi connectivity index (χ0n) is 11.0. The fourth-order valence-electron chi connectivity index (χ4n) is 1.74. The van der Waals surface area contributed by atoms with E-state index >= 15 is 0 Å². The highest BCUT2D eigenvalue weighted by molar-refractivity contribution is 5.87. The SMILES string of the molecule is CCCc1cc(C(=O)OCc2cccc(F)c2F)n[nH]1. The minimum Gasteiger partial charge on any atom is -0.456 e. The monoisotopic (exact) mass is 280 g/mol. The first-order chi connectivity index (χ1) is 9.61. The van der Waals surface area contributed by atoms with Gasteiger partial charge in [-0.25, -0.2) is 13.6 Å². The summed E-state index contributed by atoms with van der Waals surface area (Å²) in [7, 11) is 0. The van der Waals surface area contributed by atoms with Crippen molar-refractivity contribution in [3.63, 3.8) is 0 Å². The summed E-state index contributed by atoms with van der Waals surface area (Å²) in [5.41, 5.74) is 0.948. The number of aryl methyl sites for hydroxylation is 1. The molecule has 1 aromatic heterocycles. The van der Waals surface area contributed by atoms with E-state index in [2.05, 4.69) is 10.2 Å². The van der Waals surface area contributed by atoms with Crippen LogP contribution < -0.4 is 0 Å². The summed E-state index contributed by atoms with van der Waals surface area (Å²) < 4.78 is 31.3. The van der Waals surface area contributed by atoms with Crippen molar-refractivity contribution in [3.8, 4) is 0 Å². The average Bonchev–Trinajstić information content (AvgIpc) is 2.89. The Bertz CT molecular complexity index is 611. The summed E-state index contributed by atoms with van der Waals surface area (Å²) in [6, 6.07) is 5.31. The zero-order valence-corrected chi connectivity index (χ0v) is 11.0. The van der Waals surface area contributed by atoms with Crippen LogP contribution in [0.2, 0.25) is 0 Å². The van der Waals surface area contributed by atoms with Crippen molar-refractivity contribution in [2.45, 2.75) is 26.4 Å². The number of halogens is 2. The third-order valence-electron chi connectivity index (χ3n) is 2.75. The molecule has 1 N–H and O–H groups in total. The van der Waals surface area contributed by atoms with E-state index in [0.717, 1.165) is 24.6 Å². The third-order valence-corrected chi connectivity index (χ3v) is 2.75. The Balaban J connectivity index is 1.99. The summed E-state index contributed by atoms with van der Waals surface area (Å²) >= 11 is 0. The van der Waals surface area contributed by atoms with Crippen molar-refractivity contribution >= 4 is 5.97 Å². The number of aromatic nitrogens is 2. The molecular formula is C14H14F2N2O2. The summed E-state index contributed by atoms with van der Waals surface area (Å²) in [6.07, 6.45) is 1.70. The number of carbonyl (C=O) groups excluding carboxylic acids is 1. The van der Waals surface area contributed by atoms with Crippen LogP contribution in [0.25, 0.3) is 0 Å². The fourth-order valence-corrected chi connectivity index (χ4v) is 1.74. The number of esters is 1. The van der Waals surface area contributed by atoms with Gasteiger partial charge in [0, 0.05) is 11.3 Å². The maximum atomic E-state index is 13.4. The highest BCUT2D eigenvalue weighted by Gasteiger charge is 2.14. The molecule has 0 aliphatic rings. The second-order valence-corrected chi connectivity index (χ2v) is 4.32. The lowest BCUT2D eigenvalue weighted by molar-refractivity contribution is 0.0461. The normalized spacial score (nSPS) is 10.6. The lowest BCUT2D eigenvalue weighted by Gasteiger charge is -2.04. The van der Waals surface area contributed by atoms with Crippen LogP contribution >= 0.6 is 0 Å². The maximum absolute atomic E-state index is 13.4. The van der Waals surface area contributed by atoms with Gasteiger partial charge in [-0.05, 0) is 18.6 Å². The Kier molecular flexibility index (Phi) is 4.45. The Morgan fingerprint density at radius 3 is 2.95 bits per heavy atom. The van der Waals surface area contributed by atoms with Crippen LogP contribution in [0.4, 0.5) is 8.78 Å². The molecule has 0 bridgehead atoms. The molecule has 0 aliphatic heterocycles. The van der Waals surface area contributed by atoms with Crippen molar-refractivity contribution < 1.29 is 18.3 Å². The largest absolute Gasteiger partial charge is 0.456 e. The predicted molar refractivity (Wildman–Crippen MR) is 68.1 cm³/mol. The molecule has 0 aliphatic carbocycles. The van der Waals surface area contributed by atoms with Gasteiger partial charge >= 0.3 is 5.97 Å². The van der Waals surface area contributed by atoms with Crippen molar-refractivity contribution in [2.24, 2.45) is 0 Å². The van der Waals surface area contributed by atoms with Gasteiger partial charge in [0.05, 0.1) is 0 Å². The molecule has 2 rings (SSSR count). The Morgan fingerprint density at radius 2 is 2.20 bits per heavy atom. The fraction of sp³-hybridized carbons (Fsp3) is 0.286. The van der Waals surface area contributed by atoms with E-state index in [0.29, 0.717) is 0 Å². The first-order valence-electron chi connectivity index (χ1n) is 6.26. The molecule has 106 valence electrons. The number of hydrogen-bond donors (Lipinski definition) is 1. The number of nitrogens with one attached hydrogen (secondary N) is 1. The maximum Gasteiger partial charge on any atom is 0.359 e. The van der Waals surface area contributed by atoms with Gasteiger partial charge in [-0.1, -0.05) is 25.5 Å². The lowest BCUT2D eigenvalue weighted by atomic mass is 10.2. The predicted octanol–water partition coefficient (Wildman–Crippen LogP) is 3.00. The number of H-pyrrole nitrogens is 1. The Hall–Kier alpha value is -2.24. The number of rotatable bonds is 5. The van der Waals surface area contributed by atoms with E-state index in [-0.39, 0.29) is 17.9 Å². The van der Waals surface area contributed by atoms with E-state index in [1.54, 1.807) is 6.07 Å². The molecule has 0 spiro atoms. The van der Waals surface area contributed by atoms with E-state index in [1.807, 2.05) is 6.92 Å². The minimum atomic E-state index is -1.01. The quantitative estimate of drug-likeness (QED) is 0.857. The van der Waals surface area contributed by atoms with Gasteiger partial charge < -0.3 is 4.74 Å². The average molecular weight is 280 g/mol. The second-order valence-electron chi connectivity index (χ2n) is 4.32. The topological polar surface area (TPSA) is 55.0 Å². The van der Waals surface area contributed by atoms with Crippen LogP contribution in [0, 0.1) is 11.6 Å². The molecule has 20 heavy (non-hydrogen) atoms. The van der Waals surface area contributed by atoms with Crippen LogP contribution in [-0.2, 0) is 17.8 Å². The second kappa shape index (κ2) is 6.27. The molecule has 0 saturated heterocycles. The first kappa shape index (κ1) is 14.2. The number of ether oxygens (including phenoxy) is 1. The summed E-state index contributed by atoms with van der Waals surface area (Å²) in [5.74, 6) is -2.65. The van der Waals surface area contributed by atoms with Crippen LogP contribution in [-0.4, -0.2) is 16.2 Å². The summed E-state index contributed by atoms with van der Waals surface area (Å²) in [6.45, 7) is 1.67. The molecule has 0 saturated carbocycles. The molecule has 0 amide bonds. The van der Waals surface area contributed by atoms with Gasteiger partial charge in [0.2, 0.25) is 0 Å². The van der Waals surface area contributed by atoms with Gasteiger partial charge in [0.25, 0.3) is 0 Å². The number of nitrogens with zero attached hydrogens (tertiary/aromatic N) is 1. The zero-order chi connectivity index (χ0) is 14.5. The number of aromatic amines is 1. The number of carbonyl (C=O) groups is 1. The van der Waals surface area contributed by atoms with Crippen molar-refractivity contribution in [3.05, 3.63) is 52.9 Å². The van der Waals surface area contributed by atoms with E-state index in [1.165, 1.54) is 12.1 Å². The smallest absolute Gasteiger partial charge is 0.359 e. The van der Waals surface area contributed by atoms with Gasteiger partial charge in [-0.3, -0.25) is 5.10 Å². The van der Waals surface area contributed by atoms with Gasteiger partial charge in [0.1, 0.15) is 6.61 Å². The molecular weight excluding hydrogens is 266 g/mol. The molecule has 4 nitrogen and oxygen atoms in total. The standard InChI is InChI=1S/C14H14F2N2O2/c1-2-4-10-7-12(18-17-10)14(19)20-8-9-5-3-6-11(15)13(9)16/h3,5-7H,2,4,8H2,1H3,(H,17,18). The Morgan fingerprint density at radius 1 is 1.40 bits per heavy atom. The molecule has 0 fully saturated rings. The molecule has 0 atom stereocenters. The van der Waals surface area contributed by atoms with Crippen LogP contribution in [0.15, 0.2) is 24.3 Å². The van der Waals surface area contributed by atoms with Crippen molar-refractivity contribution in [1.29, 1.82) is 0 Å². The molecule has 2 aromatic rings. The minimum absolute atomic E-state index is 0.0114. The van der Waals surface area contributed by atoms with Gasteiger partial charge in [-0.2, -0.15) is 5.10 Å².